The Hall–Kier alpha value is -0.300. The maximum absolute atomic E-state index is 10.4. The Labute approximate surface area is 92.5 Å². The van der Waals surface area contributed by atoms with Crippen molar-refractivity contribution >= 4 is 16.8 Å². The van der Waals surface area contributed by atoms with Gasteiger partial charge in [0.05, 0.1) is 0 Å². The van der Waals surface area contributed by atoms with Crippen LogP contribution in [0.4, 0.5) is 0 Å². The van der Waals surface area contributed by atoms with E-state index in [0.717, 1.165) is 6.42 Å². The van der Waals surface area contributed by atoms with Crippen LogP contribution in [0.1, 0.15) is 58.3 Å². The molecule has 0 N–H and O–H groups in total. The van der Waals surface area contributed by atoms with Crippen LogP contribution in [0.2, 0.25) is 0 Å². The predicted octanol–water partition coefficient (Wildman–Crippen LogP) is 4.45. The lowest BCUT2D eigenvalue weighted by Crippen LogP contribution is -1.80. The second-order valence-electron chi connectivity index (χ2n) is 3.59. The van der Waals surface area contributed by atoms with Gasteiger partial charge in [0.25, 0.3) is 0 Å². The zero-order valence-corrected chi connectivity index (χ0v) is 9.85. The Morgan fingerprint density at radius 2 is 1.71 bits per heavy atom. The molecule has 0 heterocycles. The molecular weight excluding hydrogens is 196 g/mol. The van der Waals surface area contributed by atoms with Gasteiger partial charge in [0.15, 0.2) is 0 Å². The van der Waals surface area contributed by atoms with Crippen molar-refractivity contribution in [2.24, 2.45) is 0 Å². The molecule has 0 radical (unpaired) electrons. The standard InChI is InChI=1S/C12H21ClO/c1-2-3-4-5-6-7-8-9-10-11-12(13)14/h9-10H,2-8,11H2,1H3. The first kappa shape index (κ1) is 13.7. The fourth-order valence-electron chi connectivity index (χ4n) is 1.34. The van der Waals surface area contributed by atoms with Crippen LogP contribution in [0.25, 0.3) is 0 Å². The third-order valence-electron chi connectivity index (χ3n) is 2.17. The predicted molar refractivity (Wildman–Crippen MR) is 62.6 cm³/mol. The molecule has 2 heteroatoms. The summed E-state index contributed by atoms with van der Waals surface area (Å²) < 4.78 is 0. The van der Waals surface area contributed by atoms with Crippen molar-refractivity contribution < 1.29 is 4.79 Å². The number of hydrogen-bond acceptors (Lipinski definition) is 1. The van der Waals surface area contributed by atoms with E-state index < -0.39 is 0 Å². The van der Waals surface area contributed by atoms with Crippen LogP contribution in [0, 0.1) is 0 Å². The van der Waals surface area contributed by atoms with Gasteiger partial charge in [0.2, 0.25) is 5.24 Å². The second kappa shape index (κ2) is 10.8. The third-order valence-corrected chi connectivity index (χ3v) is 2.32. The average Bonchev–Trinajstić information content (AvgIpc) is 2.15. The van der Waals surface area contributed by atoms with Crippen molar-refractivity contribution in [3.8, 4) is 0 Å². The van der Waals surface area contributed by atoms with E-state index in [0.29, 0.717) is 6.42 Å². The molecule has 1 nitrogen and oxygen atoms in total. The molecule has 0 aliphatic rings. The Balaban J connectivity index is 3.05. The zero-order chi connectivity index (χ0) is 10.6. The van der Waals surface area contributed by atoms with Crippen molar-refractivity contribution in [1.82, 2.24) is 0 Å². The Kier molecular flexibility index (Phi) is 10.5. The molecule has 0 atom stereocenters. The van der Waals surface area contributed by atoms with E-state index in [4.69, 9.17) is 11.6 Å². The summed E-state index contributed by atoms with van der Waals surface area (Å²) in [5.74, 6) is 0. The molecule has 0 saturated carbocycles. The SMILES string of the molecule is CCCCCCCCC=CCC(=O)Cl. The van der Waals surface area contributed by atoms with Crippen LogP contribution in [0.15, 0.2) is 12.2 Å². The number of carbonyl (C=O) groups excluding carboxylic acids is 1. The van der Waals surface area contributed by atoms with Crippen molar-refractivity contribution in [3.63, 3.8) is 0 Å². The van der Waals surface area contributed by atoms with E-state index in [1.807, 2.05) is 6.08 Å². The molecule has 0 rings (SSSR count). The van der Waals surface area contributed by atoms with Gasteiger partial charge in [-0.05, 0) is 24.4 Å². The molecule has 0 aromatic rings. The summed E-state index contributed by atoms with van der Waals surface area (Å²) in [4.78, 5) is 10.4. The van der Waals surface area contributed by atoms with Crippen LogP contribution < -0.4 is 0 Å². The van der Waals surface area contributed by atoms with Crippen molar-refractivity contribution in [1.29, 1.82) is 0 Å². The molecule has 0 aliphatic carbocycles. The lowest BCUT2D eigenvalue weighted by atomic mass is 10.1. The normalized spacial score (nSPS) is 11.0. The van der Waals surface area contributed by atoms with Gasteiger partial charge in [-0.25, -0.2) is 0 Å². The number of rotatable bonds is 9. The van der Waals surface area contributed by atoms with Crippen LogP contribution in [-0.2, 0) is 4.79 Å². The van der Waals surface area contributed by atoms with Crippen LogP contribution in [0.3, 0.4) is 0 Å². The topological polar surface area (TPSA) is 17.1 Å². The van der Waals surface area contributed by atoms with Gasteiger partial charge < -0.3 is 0 Å². The zero-order valence-electron chi connectivity index (χ0n) is 9.10. The first-order chi connectivity index (χ1) is 6.77. The van der Waals surface area contributed by atoms with E-state index in [-0.39, 0.29) is 5.24 Å². The monoisotopic (exact) mass is 216 g/mol. The Bertz CT molecular complexity index is 164. The van der Waals surface area contributed by atoms with E-state index in [9.17, 15) is 4.79 Å². The van der Waals surface area contributed by atoms with E-state index >= 15 is 0 Å². The number of unbranched alkanes of at least 4 members (excludes halogenated alkanes) is 6. The van der Waals surface area contributed by atoms with Crippen LogP contribution >= 0.6 is 11.6 Å². The number of halogens is 1. The molecule has 0 aromatic heterocycles. The molecule has 82 valence electrons. The number of carbonyl (C=O) groups is 1. The first-order valence-electron chi connectivity index (χ1n) is 5.60. The molecular formula is C12H21ClO. The molecule has 0 spiro atoms. The van der Waals surface area contributed by atoms with E-state index in [2.05, 4.69) is 13.0 Å². The lowest BCUT2D eigenvalue weighted by molar-refractivity contribution is -0.110. The van der Waals surface area contributed by atoms with Gasteiger partial charge >= 0.3 is 0 Å². The molecule has 0 aromatic carbocycles. The fourth-order valence-corrected chi connectivity index (χ4v) is 1.43. The van der Waals surface area contributed by atoms with Gasteiger partial charge in [0.1, 0.15) is 0 Å². The fraction of sp³-hybridized carbons (Fsp3) is 0.750. The maximum atomic E-state index is 10.4. The molecule has 14 heavy (non-hydrogen) atoms. The molecule has 0 amide bonds. The smallest absolute Gasteiger partial charge is 0.225 e. The number of hydrogen-bond donors (Lipinski definition) is 0. The first-order valence-corrected chi connectivity index (χ1v) is 5.98. The Morgan fingerprint density at radius 3 is 2.36 bits per heavy atom. The largest absolute Gasteiger partial charge is 0.281 e. The maximum Gasteiger partial charge on any atom is 0.225 e. The highest BCUT2D eigenvalue weighted by atomic mass is 35.5. The molecule has 0 unspecified atom stereocenters. The van der Waals surface area contributed by atoms with Gasteiger partial charge in [-0.1, -0.05) is 51.2 Å². The summed E-state index contributed by atoms with van der Waals surface area (Å²) in [5.41, 5.74) is 0. The summed E-state index contributed by atoms with van der Waals surface area (Å²) in [5, 5.41) is -0.274. The minimum Gasteiger partial charge on any atom is -0.281 e. The summed E-state index contributed by atoms with van der Waals surface area (Å²) >= 11 is 5.18. The van der Waals surface area contributed by atoms with Gasteiger partial charge in [-0.3, -0.25) is 4.79 Å². The van der Waals surface area contributed by atoms with Gasteiger partial charge in [-0.2, -0.15) is 0 Å². The van der Waals surface area contributed by atoms with E-state index in [1.54, 1.807) is 0 Å². The molecule has 0 saturated heterocycles. The molecule has 0 fully saturated rings. The van der Waals surface area contributed by atoms with Crippen LogP contribution in [0.5, 0.6) is 0 Å². The summed E-state index contributed by atoms with van der Waals surface area (Å²) in [6, 6.07) is 0. The van der Waals surface area contributed by atoms with Crippen molar-refractivity contribution in [2.45, 2.75) is 58.3 Å². The molecule has 0 aliphatic heterocycles. The highest BCUT2D eigenvalue weighted by molar-refractivity contribution is 6.63. The summed E-state index contributed by atoms with van der Waals surface area (Å²) in [6.07, 6.45) is 13.3. The summed E-state index contributed by atoms with van der Waals surface area (Å²) in [6.45, 7) is 2.23. The summed E-state index contributed by atoms with van der Waals surface area (Å²) in [7, 11) is 0. The van der Waals surface area contributed by atoms with Gasteiger partial charge in [0, 0.05) is 6.42 Å². The number of allylic oxidation sites excluding steroid dienone is 2. The minimum absolute atomic E-state index is 0.274. The highest BCUT2D eigenvalue weighted by Gasteiger charge is 1.90. The van der Waals surface area contributed by atoms with Crippen LogP contribution in [-0.4, -0.2) is 5.24 Å². The second-order valence-corrected chi connectivity index (χ2v) is 4.01. The average molecular weight is 217 g/mol. The highest BCUT2D eigenvalue weighted by Crippen LogP contribution is 2.07. The third kappa shape index (κ3) is 11.7. The lowest BCUT2D eigenvalue weighted by Gasteiger charge is -1.97. The minimum atomic E-state index is -0.274. The van der Waals surface area contributed by atoms with E-state index in [1.165, 1.54) is 38.5 Å². The van der Waals surface area contributed by atoms with Crippen molar-refractivity contribution in [2.75, 3.05) is 0 Å². The molecule has 0 bridgehead atoms. The quantitative estimate of drug-likeness (QED) is 0.316. The van der Waals surface area contributed by atoms with Crippen molar-refractivity contribution in [3.05, 3.63) is 12.2 Å². The van der Waals surface area contributed by atoms with Gasteiger partial charge in [-0.15, -0.1) is 0 Å². The Morgan fingerprint density at radius 1 is 1.07 bits per heavy atom.